The summed E-state index contributed by atoms with van der Waals surface area (Å²) in [4.78, 5) is 28.5. The molecule has 1 aromatic rings. The van der Waals surface area contributed by atoms with Gasteiger partial charge in [0, 0.05) is 38.1 Å². The summed E-state index contributed by atoms with van der Waals surface area (Å²) in [6.45, 7) is 5.11. The van der Waals surface area contributed by atoms with Crippen LogP contribution in [0.5, 0.6) is 5.75 Å². The summed E-state index contributed by atoms with van der Waals surface area (Å²) < 4.78 is 18.3. The van der Waals surface area contributed by atoms with Crippen molar-refractivity contribution in [3.8, 4) is 5.75 Å². The molecule has 1 aromatic carbocycles. The third-order valence-corrected chi connectivity index (χ3v) is 5.09. The number of benzene rings is 1. The van der Waals surface area contributed by atoms with Crippen LogP contribution in [0.2, 0.25) is 0 Å². The summed E-state index contributed by atoms with van der Waals surface area (Å²) in [6.07, 6.45) is 1.76. The molecule has 2 saturated heterocycles. The highest BCUT2D eigenvalue weighted by molar-refractivity contribution is 5.80. The predicted octanol–water partition coefficient (Wildman–Crippen LogP) is 1.26. The lowest BCUT2D eigenvalue weighted by molar-refractivity contribution is -0.143. The van der Waals surface area contributed by atoms with Crippen LogP contribution in [0.25, 0.3) is 0 Å². The van der Waals surface area contributed by atoms with Gasteiger partial charge in [0.1, 0.15) is 11.6 Å². The number of piperazine rings is 1. The van der Waals surface area contributed by atoms with Crippen LogP contribution in [0, 0.1) is 11.7 Å². The molecule has 2 aliphatic heterocycles. The molecule has 0 radical (unpaired) electrons. The molecule has 7 heteroatoms. The Bertz CT molecular complexity index is 629. The van der Waals surface area contributed by atoms with Gasteiger partial charge in [0.05, 0.1) is 0 Å². The number of nitrogens with zero attached hydrogens (tertiary/aromatic N) is 2. The van der Waals surface area contributed by atoms with Gasteiger partial charge in [-0.2, -0.15) is 0 Å². The summed E-state index contributed by atoms with van der Waals surface area (Å²) >= 11 is 0. The molecule has 3 rings (SSSR count). The monoisotopic (exact) mass is 363 g/mol. The van der Waals surface area contributed by atoms with E-state index in [0.29, 0.717) is 38.0 Å². The van der Waals surface area contributed by atoms with Gasteiger partial charge in [-0.3, -0.25) is 9.59 Å². The Morgan fingerprint density at radius 3 is 2.46 bits per heavy atom. The van der Waals surface area contributed by atoms with Crippen LogP contribution in [-0.4, -0.2) is 67.0 Å². The van der Waals surface area contributed by atoms with Crippen LogP contribution in [0.15, 0.2) is 24.3 Å². The van der Waals surface area contributed by atoms with Crippen LogP contribution < -0.4 is 10.1 Å². The maximum Gasteiger partial charge on any atom is 0.260 e. The van der Waals surface area contributed by atoms with E-state index < -0.39 is 0 Å². The molecule has 0 spiro atoms. The average molecular weight is 363 g/mol. The van der Waals surface area contributed by atoms with Crippen molar-refractivity contribution < 1.29 is 18.7 Å². The van der Waals surface area contributed by atoms with Gasteiger partial charge in [0.2, 0.25) is 5.91 Å². The molecule has 0 aromatic heterocycles. The third kappa shape index (κ3) is 4.72. The number of rotatable bonds is 4. The number of hydrogen-bond donors (Lipinski definition) is 1. The Labute approximate surface area is 153 Å². The molecule has 0 aliphatic carbocycles. The summed E-state index contributed by atoms with van der Waals surface area (Å²) in [5.41, 5.74) is 0. The zero-order chi connectivity index (χ0) is 18.5. The van der Waals surface area contributed by atoms with Gasteiger partial charge in [-0.15, -0.1) is 0 Å². The summed E-state index contributed by atoms with van der Waals surface area (Å²) in [6, 6.07) is 5.97. The van der Waals surface area contributed by atoms with Gasteiger partial charge in [-0.25, -0.2) is 4.39 Å². The minimum Gasteiger partial charge on any atom is -0.484 e. The summed E-state index contributed by atoms with van der Waals surface area (Å²) in [7, 11) is 0. The first-order chi connectivity index (χ1) is 12.5. The largest absolute Gasteiger partial charge is 0.484 e. The molecule has 2 atom stereocenters. The molecule has 0 bridgehead atoms. The van der Waals surface area contributed by atoms with E-state index in [9.17, 15) is 14.0 Å². The van der Waals surface area contributed by atoms with Crippen molar-refractivity contribution in [1.82, 2.24) is 15.1 Å². The van der Waals surface area contributed by atoms with Crippen molar-refractivity contribution >= 4 is 11.8 Å². The lowest BCUT2D eigenvalue weighted by Crippen LogP contribution is -2.54. The smallest absolute Gasteiger partial charge is 0.260 e. The predicted molar refractivity (Wildman–Crippen MR) is 95.2 cm³/mol. The van der Waals surface area contributed by atoms with Crippen LogP contribution in [-0.2, 0) is 9.59 Å². The van der Waals surface area contributed by atoms with E-state index in [1.807, 2.05) is 4.90 Å². The molecule has 0 saturated carbocycles. The summed E-state index contributed by atoms with van der Waals surface area (Å²) in [5, 5.41) is 3.36. The molecule has 6 nitrogen and oxygen atoms in total. The highest BCUT2D eigenvalue weighted by Crippen LogP contribution is 2.20. The molecule has 2 aliphatic rings. The number of halogens is 1. The van der Waals surface area contributed by atoms with Crippen molar-refractivity contribution in [1.29, 1.82) is 0 Å². The molecule has 2 heterocycles. The van der Waals surface area contributed by atoms with Gasteiger partial charge in [-0.1, -0.05) is 0 Å². The molecule has 0 unspecified atom stereocenters. The van der Waals surface area contributed by atoms with Gasteiger partial charge in [0.25, 0.3) is 5.91 Å². The molecule has 2 fully saturated rings. The fourth-order valence-corrected chi connectivity index (χ4v) is 3.56. The molecular weight excluding hydrogens is 337 g/mol. The number of hydrogen-bond acceptors (Lipinski definition) is 4. The molecular formula is C19H26FN3O3. The van der Waals surface area contributed by atoms with Crippen LogP contribution in [0.1, 0.15) is 19.8 Å². The number of amides is 2. The van der Waals surface area contributed by atoms with E-state index in [-0.39, 0.29) is 30.2 Å². The number of ether oxygens (including phenoxy) is 1. The number of nitrogens with one attached hydrogen (secondary N) is 1. The fourth-order valence-electron chi connectivity index (χ4n) is 3.56. The van der Waals surface area contributed by atoms with Crippen molar-refractivity contribution in [3.05, 3.63) is 30.1 Å². The topological polar surface area (TPSA) is 61.9 Å². The van der Waals surface area contributed by atoms with Crippen LogP contribution >= 0.6 is 0 Å². The molecule has 2 amide bonds. The van der Waals surface area contributed by atoms with Crippen LogP contribution in [0.4, 0.5) is 4.39 Å². The first kappa shape index (κ1) is 18.6. The van der Waals surface area contributed by atoms with Crippen molar-refractivity contribution in [2.24, 2.45) is 5.92 Å². The van der Waals surface area contributed by atoms with Crippen molar-refractivity contribution in [3.63, 3.8) is 0 Å². The first-order valence-electron chi connectivity index (χ1n) is 9.21. The Balaban J connectivity index is 1.43. The number of piperidine rings is 1. The Morgan fingerprint density at radius 2 is 1.81 bits per heavy atom. The molecule has 26 heavy (non-hydrogen) atoms. The van der Waals surface area contributed by atoms with Gasteiger partial charge in [0.15, 0.2) is 6.61 Å². The molecule has 1 N–H and O–H groups in total. The van der Waals surface area contributed by atoms with E-state index >= 15 is 0 Å². The zero-order valence-corrected chi connectivity index (χ0v) is 15.1. The SMILES string of the molecule is C[C@H]1C[C@@H](C(=O)N2CCN(C(=O)COc3ccc(F)cc3)CC2)CCN1. The minimum absolute atomic E-state index is 0.0780. The van der Waals surface area contributed by atoms with E-state index in [0.717, 1.165) is 19.4 Å². The Kier molecular flexibility index (Phi) is 6.08. The van der Waals surface area contributed by atoms with E-state index in [1.54, 1.807) is 4.90 Å². The standard InChI is InChI=1S/C19H26FN3O3/c1-14-12-15(6-7-21-14)19(25)23-10-8-22(9-11-23)18(24)13-26-17-4-2-16(20)3-5-17/h2-5,14-15,21H,6-13H2,1H3/t14-,15-/m0/s1. The minimum atomic E-state index is -0.340. The van der Waals surface area contributed by atoms with Crippen molar-refractivity contribution in [2.45, 2.75) is 25.8 Å². The van der Waals surface area contributed by atoms with E-state index in [1.165, 1.54) is 24.3 Å². The number of carbonyl (C=O) groups is 2. The normalized spacial score (nSPS) is 23.6. The van der Waals surface area contributed by atoms with Gasteiger partial charge >= 0.3 is 0 Å². The first-order valence-corrected chi connectivity index (χ1v) is 9.21. The quantitative estimate of drug-likeness (QED) is 0.875. The number of carbonyl (C=O) groups excluding carboxylic acids is 2. The van der Waals surface area contributed by atoms with Gasteiger partial charge < -0.3 is 19.9 Å². The van der Waals surface area contributed by atoms with E-state index in [2.05, 4.69) is 12.2 Å². The summed E-state index contributed by atoms with van der Waals surface area (Å²) in [5.74, 6) is 0.321. The maximum atomic E-state index is 12.9. The zero-order valence-electron chi connectivity index (χ0n) is 15.1. The van der Waals surface area contributed by atoms with Crippen LogP contribution in [0.3, 0.4) is 0 Å². The van der Waals surface area contributed by atoms with Gasteiger partial charge in [-0.05, 0) is 50.6 Å². The lowest BCUT2D eigenvalue weighted by Gasteiger charge is -2.38. The van der Waals surface area contributed by atoms with E-state index in [4.69, 9.17) is 4.74 Å². The second-order valence-electron chi connectivity index (χ2n) is 7.03. The third-order valence-electron chi connectivity index (χ3n) is 5.09. The second kappa shape index (κ2) is 8.49. The Hall–Kier alpha value is -2.15. The maximum absolute atomic E-state index is 12.9. The van der Waals surface area contributed by atoms with Crippen molar-refractivity contribution in [2.75, 3.05) is 39.3 Å². The lowest BCUT2D eigenvalue weighted by atomic mass is 9.92. The highest BCUT2D eigenvalue weighted by Gasteiger charge is 2.31. The highest BCUT2D eigenvalue weighted by atomic mass is 19.1. The average Bonchev–Trinajstić information content (AvgIpc) is 2.67. The molecule has 142 valence electrons. The fraction of sp³-hybridized carbons (Fsp3) is 0.579. The second-order valence-corrected chi connectivity index (χ2v) is 7.03. The Morgan fingerprint density at radius 1 is 1.15 bits per heavy atom.